The van der Waals surface area contributed by atoms with E-state index in [1.165, 1.54) is 24.3 Å². The third-order valence-corrected chi connectivity index (χ3v) is 7.43. The van der Waals surface area contributed by atoms with Crippen molar-refractivity contribution >= 4 is 33.8 Å². The number of nitrogens with one attached hydrogen (secondary N) is 1. The maximum atomic E-state index is 13.2. The van der Waals surface area contributed by atoms with E-state index < -0.39 is 21.5 Å². The summed E-state index contributed by atoms with van der Waals surface area (Å²) in [5, 5.41) is 13.2. The van der Waals surface area contributed by atoms with Crippen molar-refractivity contribution in [3.8, 4) is 0 Å². The molecule has 1 aromatic carbocycles. The van der Waals surface area contributed by atoms with Gasteiger partial charge in [-0.05, 0) is 61.2 Å². The number of carbonyl (C=O) groups is 1. The summed E-state index contributed by atoms with van der Waals surface area (Å²) in [5.74, 6) is -0.760. The number of aromatic nitrogens is 1. The monoisotopic (exact) mass is 531 g/mol. The van der Waals surface area contributed by atoms with Gasteiger partial charge in [0.1, 0.15) is 6.61 Å². The zero-order valence-corrected chi connectivity index (χ0v) is 21.4. The number of nitrogens with zero attached hydrogens (tertiary/aromatic N) is 2. The lowest BCUT2D eigenvalue weighted by Gasteiger charge is -2.33. The van der Waals surface area contributed by atoms with E-state index in [0.29, 0.717) is 30.2 Å². The molecule has 1 unspecified atom stereocenters. The van der Waals surface area contributed by atoms with Crippen LogP contribution < -0.4 is 4.72 Å². The molecule has 0 bridgehead atoms. The maximum absolute atomic E-state index is 13.2. The number of unbranched alkanes of at least 4 members (excludes halogenated alkanes) is 4. The molecule has 1 atom stereocenters. The van der Waals surface area contributed by atoms with Crippen LogP contribution in [0.4, 0.5) is 0 Å². The van der Waals surface area contributed by atoms with Gasteiger partial charge in [0.05, 0.1) is 22.3 Å². The molecule has 0 saturated heterocycles. The lowest BCUT2D eigenvalue weighted by atomic mass is 9.84. The summed E-state index contributed by atoms with van der Waals surface area (Å²) in [4.78, 5) is 20.4. The third kappa shape index (κ3) is 8.29. The number of halogens is 1. The van der Waals surface area contributed by atoms with Gasteiger partial charge in [0.15, 0.2) is 0 Å². The Kier molecular flexibility index (Phi) is 10.2. The lowest BCUT2D eigenvalue weighted by Crippen LogP contribution is -2.46. The van der Waals surface area contributed by atoms with Crippen LogP contribution in [0.3, 0.4) is 0 Å². The molecule has 3 rings (SSSR count). The SMILES string of the molecule is O=C(O)CCCCCCCON=CC1=CC=CC(NS(=O)(=O)c2ccc(Cl)cc2)(c2ccccn2)C1. The fraction of sp³-hybridized carbons (Fsp3) is 0.346. The van der Waals surface area contributed by atoms with Crippen molar-refractivity contribution in [3.05, 3.63) is 83.2 Å². The molecule has 0 amide bonds. The van der Waals surface area contributed by atoms with Crippen molar-refractivity contribution in [1.29, 1.82) is 0 Å². The van der Waals surface area contributed by atoms with Crippen molar-refractivity contribution in [2.24, 2.45) is 5.16 Å². The van der Waals surface area contributed by atoms with Crippen LogP contribution in [-0.4, -0.2) is 37.3 Å². The van der Waals surface area contributed by atoms with Crippen LogP contribution in [0.2, 0.25) is 5.02 Å². The van der Waals surface area contributed by atoms with Gasteiger partial charge in [-0.2, -0.15) is 4.72 Å². The topological polar surface area (TPSA) is 118 Å². The summed E-state index contributed by atoms with van der Waals surface area (Å²) in [6, 6.07) is 11.4. The molecule has 1 aliphatic rings. The first-order valence-corrected chi connectivity index (χ1v) is 13.6. The first kappa shape index (κ1) is 27.6. The van der Waals surface area contributed by atoms with Crippen molar-refractivity contribution < 1.29 is 23.2 Å². The predicted octanol–water partition coefficient (Wildman–Crippen LogP) is 5.22. The molecule has 0 saturated carbocycles. The van der Waals surface area contributed by atoms with Crippen LogP contribution in [0.5, 0.6) is 0 Å². The molecule has 0 aliphatic heterocycles. The van der Waals surface area contributed by atoms with E-state index in [9.17, 15) is 13.2 Å². The third-order valence-electron chi connectivity index (χ3n) is 5.66. The molecule has 0 spiro atoms. The van der Waals surface area contributed by atoms with Crippen LogP contribution in [-0.2, 0) is 25.2 Å². The van der Waals surface area contributed by atoms with E-state index in [-0.39, 0.29) is 11.3 Å². The summed E-state index contributed by atoms with van der Waals surface area (Å²) < 4.78 is 29.3. The molecule has 8 nitrogen and oxygen atoms in total. The van der Waals surface area contributed by atoms with Crippen LogP contribution in [0, 0.1) is 0 Å². The Hall–Kier alpha value is -3.01. The summed E-state index contributed by atoms with van der Waals surface area (Å²) in [7, 11) is -3.89. The highest BCUT2D eigenvalue weighted by molar-refractivity contribution is 7.89. The second-order valence-corrected chi connectivity index (χ2v) is 10.6. The zero-order chi connectivity index (χ0) is 25.9. The van der Waals surface area contributed by atoms with Gasteiger partial charge in [0.25, 0.3) is 0 Å². The number of rotatable bonds is 14. The van der Waals surface area contributed by atoms with Gasteiger partial charge >= 0.3 is 5.97 Å². The number of hydrogen-bond donors (Lipinski definition) is 2. The summed E-state index contributed by atoms with van der Waals surface area (Å²) in [6.45, 7) is 0.452. The number of allylic oxidation sites excluding steroid dienone is 2. The molecule has 2 aromatic rings. The summed E-state index contributed by atoms with van der Waals surface area (Å²) in [5.41, 5.74) is 0.225. The van der Waals surface area contributed by atoms with E-state index in [4.69, 9.17) is 21.5 Å². The first-order valence-electron chi connectivity index (χ1n) is 11.8. The van der Waals surface area contributed by atoms with Gasteiger partial charge in [-0.1, -0.05) is 53.9 Å². The molecule has 1 aromatic heterocycles. The Morgan fingerprint density at radius 3 is 2.61 bits per heavy atom. The van der Waals surface area contributed by atoms with Crippen LogP contribution in [0.25, 0.3) is 0 Å². The number of carboxylic acids is 1. The van der Waals surface area contributed by atoms with Crippen molar-refractivity contribution in [3.63, 3.8) is 0 Å². The average molecular weight is 532 g/mol. The Morgan fingerprint density at radius 2 is 1.89 bits per heavy atom. The molecule has 1 aliphatic carbocycles. The highest BCUT2D eigenvalue weighted by Gasteiger charge is 2.37. The number of oxime groups is 1. The van der Waals surface area contributed by atoms with E-state index in [1.54, 1.807) is 36.7 Å². The van der Waals surface area contributed by atoms with Gasteiger partial charge in [0, 0.05) is 24.1 Å². The van der Waals surface area contributed by atoms with Crippen molar-refractivity contribution in [2.75, 3.05) is 6.61 Å². The van der Waals surface area contributed by atoms with Gasteiger partial charge in [-0.3, -0.25) is 9.78 Å². The highest BCUT2D eigenvalue weighted by atomic mass is 35.5. The number of pyridine rings is 1. The Bertz CT molecular complexity index is 1200. The van der Waals surface area contributed by atoms with Crippen LogP contribution >= 0.6 is 11.6 Å². The smallest absolute Gasteiger partial charge is 0.303 e. The molecule has 1 heterocycles. The second kappa shape index (κ2) is 13.3. The molecule has 0 fully saturated rings. The number of benzene rings is 1. The van der Waals surface area contributed by atoms with Crippen LogP contribution in [0.15, 0.2) is 82.5 Å². The molecule has 192 valence electrons. The minimum absolute atomic E-state index is 0.103. The Morgan fingerprint density at radius 1 is 1.14 bits per heavy atom. The molecular weight excluding hydrogens is 502 g/mol. The highest BCUT2D eigenvalue weighted by Crippen LogP contribution is 2.33. The van der Waals surface area contributed by atoms with Gasteiger partial charge in [-0.25, -0.2) is 8.42 Å². The maximum Gasteiger partial charge on any atom is 0.303 e. The number of hydrogen-bond acceptors (Lipinski definition) is 6. The standard InChI is InChI=1S/C26H30ClN3O5S/c27-22-12-14-23(15-13-22)36(33,34)30-26(24-10-5-6-17-28-24)16-8-9-21(19-26)20-29-35-18-7-3-1-2-4-11-25(31)32/h5-6,8-10,12-17,20,30H,1-4,7,11,18-19H2,(H,31,32). The lowest BCUT2D eigenvalue weighted by molar-refractivity contribution is -0.137. The number of aliphatic carboxylic acids is 1. The van der Waals surface area contributed by atoms with Gasteiger partial charge in [0.2, 0.25) is 10.0 Å². The van der Waals surface area contributed by atoms with E-state index in [2.05, 4.69) is 14.9 Å². The molecular formula is C26H30ClN3O5S. The summed E-state index contributed by atoms with van der Waals surface area (Å²) in [6.07, 6.45) is 13.4. The number of carboxylic acid groups (broad SMARTS) is 1. The van der Waals surface area contributed by atoms with E-state index >= 15 is 0 Å². The van der Waals surface area contributed by atoms with Crippen LogP contribution in [0.1, 0.15) is 50.6 Å². The molecule has 36 heavy (non-hydrogen) atoms. The van der Waals surface area contributed by atoms with Gasteiger partial charge in [-0.15, -0.1) is 0 Å². The fourth-order valence-corrected chi connectivity index (χ4v) is 5.30. The molecule has 0 radical (unpaired) electrons. The Balaban J connectivity index is 1.61. The predicted molar refractivity (Wildman–Crippen MR) is 139 cm³/mol. The van der Waals surface area contributed by atoms with Crippen molar-refractivity contribution in [1.82, 2.24) is 9.71 Å². The number of sulfonamides is 1. The molecule has 10 heteroatoms. The Labute approximate surface area is 216 Å². The zero-order valence-electron chi connectivity index (χ0n) is 19.8. The fourth-order valence-electron chi connectivity index (χ4n) is 3.83. The average Bonchev–Trinajstić information content (AvgIpc) is 2.86. The van der Waals surface area contributed by atoms with E-state index in [0.717, 1.165) is 31.3 Å². The van der Waals surface area contributed by atoms with E-state index in [1.807, 2.05) is 12.1 Å². The minimum atomic E-state index is -3.89. The molecule has 2 N–H and O–H groups in total. The van der Waals surface area contributed by atoms with Gasteiger partial charge < -0.3 is 9.94 Å². The van der Waals surface area contributed by atoms with Crippen molar-refractivity contribution in [2.45, 2.75) is 55.4 Å². The second-order valence-electron chi connectivity index (χ2n) is 8.50. The quantitative estimate of drug-likeness (QED) is 0.196. The first-order chi connectivity index (χ1) is 17.3. The largest absolute Gasteiger partial charge is 0.481 e. The normalized spacial score (nSPS) is 17.8. The minimum Gasteiger partial charge on any atom is -0.481 e. The summed E-state index contributed by atoms with van der Waals surface area (Å²) >= 11 is 5.93.